The quantitative estimate of drug-likeness (QED) is 0.821. The topological polar surface area (TPSA) is 29.9 Å². The molecule has 2 aromatic rings. The Morgan fingerprint density at radius 2 is 1.95 bits per heavy atom. The van der Waals surface area contributed by atoms with E-state index in [-0.39, 0.29) is 5.82 Å². The first-order valence-corrected chi connectivity index (χ1v) is 7.07. The summed E-state index contributed by atoms with van der Waals surface area (Å²) in [6.45, 7) is 8.30. The minimum atomic E-state index is -0.107. The number of rotatable bonds is 6. The summed E-state index contributed by atoms with van der Waals surface area (Å²) in [5.41, 5.74) is 3.66. The van der Waals surface area contributed by atoms with Gasteiger partial charge in [-0.15, -0.1) is 0 Å². The maximum Gasteiger partial charge on any atom is 0.129 e. The van der Waals surface area contributed by atoms with Crippen molar-refractivity contribution < 1.29 is 4.39 Å². The summed E-state index contributed by atoms with van der Waals surface area (Å²) < 4.78 is 15.8. The zero-order valence-electron chi connectivity index (χ0n) is 12.4. The summed E-state index contributed by atoms with van der Waals surface area (Å²) in [5, 5.41) is 3.37. The third kappa shape index (κ3) is 3.45. The van der Waals surface area contributed by atoms with Crippen LogP contribution in [0.2, 0.25) is 0 Å². The minimum absolute atomic E-state index is 0.107. The van der Waals surface area contributed by atoms with E-state index in [1.807, 2.05) is 38.5 Å². The highest BCUT2D eigenvalue weighted by molar-refractivity contribution is 5.30. The van der Waals surface area contributed by atoms with Crippen LogP contribution in [0.1, 0.15) is 35.7 Å². The number of benzene rings is 1. The average molecular weight is 275 g/mol. The number of aryl methyl sites for hydroxylation is 2. The van der Waals surface area contributed by atoms with Crippen LogP contribution in [0, 0.1) is 19.7 Å². The van der Waals surface area contributed by atoms with Crippen molar-refractivity contribution in [3.8, 4) is 0 Å². The summed E-state index contributed by atoms with van der Waals surface area (Å²) in [4.78, 5) is 4.21. The minimum Gasteiger partial charge on any atom is -0.329 e. The summed E-state index contributed by atoms with van der Waals surface area (Å²) in [7, 11) is 0. The monoisotopic (exact) mass is 275 g/mol. The van der Waals surface area contributed by atoms with Crippen LogP contribution < -0.4 is 5.32 Å². The van der Waals surface area contributed by atoms with Gasteiger partial charge in [-0.05, 0) is 43.5 Å². The summed E-state index contributed by atoms with van der Waals surface area (Å²) >= 11 is 0. The van der Waals surface area contributed by atoms with Gasteiger partial charge in [0.15, 0.2) is 0 Å². The molecule has 0 aliphatic heterocycles. The van der Waals surface area contributed by atoms with E-state index in [1.165, 1.54) is 0 Å². The molecule has 0 bridgehead atoms. The Morgan fingerprint density at radius 3 is 2.60 bits per heavy atom. The van der Waals surface area contributed by atoms with Gasteiger partial charge in [0.2, 0.25) is 0 Å². The number of halogens is 1. The molecule has 2 rings (SSSR count). The third-order valence-electron chi connectivity index (χ3n) is 3.38. The summed E-state index contributed by atoms with van der Waals surface area (Å²) in [6, 6.07) is 3.82. The van der Waals surface area contributed by atoms with Crippen molar-refractivity contribution in [2.75, 3.05) is 6.54 Å². The van der Waals surface area contributed by atoms with Crippen molar-refractivity contribution in [3.63, 3.8) is 0 Å². The molecule has 4 heteroatoms. The van der Waals surface area contributed by atoms with Crippen molar-refractivity contribution in [1.29, 1.82) is 0 Å². The molecule has 0 saturated heterocycles. The maximum atomic E-state index is 13.6. The molecular formula is C16H22FN3. The lowest BCUT2D eigenvalue weighted by Crippen LogP contribution is -2.17. The van der Waals surface area contributed by atoms with Gasteiger partial charge in [-0.2, -0.15) is 0 Å². The van der Waals surface area contributed by atoms with Crippen molar-refractivity contribution in [3.05, 3.63) is 52.9 Å². The Bertz CT molecular complexity index is 552. The van der Waals surface area contributed by atoms with E-state index in [9.17, 15) is 4.39 Å². The highest BCUT2D eigenvalue weighted by Crippen LogP contribution is 2.16. The first-order valence-electron chi connectivity index (χ1n) is 7.07. The molecule has 0 atom stereocenters. The van der Waals surface area contributed by atoms with Gasteiger partial charge >= 0.3 is 0 Å². The molecule has 1 aromatic heterocycles. The zero-order valence-corrected chi connectivity index (χ0v) is 12.4. The molecule has 0 saturated carbocycles. The number of imidazole rings is 1. The molecule has 0 fully saturated rings. The SMILES string of the molecule is CCCNCc1cncn1Cc1cc(C)c(F)c(C)c1. The van der Waals surface area contributed by atoms with Crippen LogP contribution in [0.25, 0.3) is 0 Å². The number of hydrogen-bond donors (Lipinski definition) is 1. The standard InChI is InChI=1S/C16H22FN3/c1-4-5-18-8-15-9-19-11-20(15)10-14-6-12(2)16(17)13(3)7-14/h6-7,9,11,18H,4-5,8,10H2,1-3H3. The lowest BCUT2D eigenvalue weighted by molar-refractivity contribution is 0.605. The fourth-order valence-corrected chi connectivity index (χ4v) is 2.35. The molecule has 0 amide bonds. The van der Waals surface area contributed by atoms with E-state index in [2.05, 4.69) is 21.8 Å². The van der Waals surface area contributed by atoms with Crippen LogP contribution in [0.5, 0.6) is 0 Å². The Hall–Kier alpha value is -1.68. The molecule has 0 aliphatic carbocycles. The molecule has 3 nitrogen and oxygen atoms in total. The number of hydrogen-bond acceptors (Lipinski definition) is 2. The second kappa shape index (κ2) is 6.66. The molecule has 1 heterocycles. The van der Waals surface area contributed by atoms with Gasteiger partial charge < -0.3 is 9.88 Å². The zero-order chi connectivity index (χ0) is 14.5. The second-order valence-corrected chi connectivity index (χ2v) is 5.23. The molecular weight excluding hydrogens is 253 g/mol. The lowest BCUT2D eigenvalue weighted by atomic mass is 10.1. The van der Waals surface area contributed by atoms with Gasteiger partial charge in [0.1, 0.15) is 5.82 Å². The van der Waals surface area contributed by atoms with Crippen molar-refractivity contribution in [2.24, 2.45) is 0 Å². The fourth-order valence-electron chi connectivity index (χ4n) is 2.35. The Morgan fingerprint density at radius 1 is 1.25 bits per heavy atom. The van der Waals surface area contributed by atoms with Crippen molar-refractivity contribution >= 4 is 0 Å². The normalized spacial score (nSPS) is 11.0. The van der Waals surface area contributed by atoms with Crippen LogP contribution in [0.15, 0.2) is 24.7 Å². The molecule has 1 N–H and O–H groups in total. The highest BCUT2D eigenvalue weighted by Gasteiger charge is 2.07. The molecule has 0 unspecified atom stereocenters. The third-order valence-corrected chi connectivity index (χ3v) is 3.38. The Labute approximate surface area is 119 Å². The van der Waals surface area contributed by atoms with E-state index < -0.39 is 0 Å². The average Bonchev–Trinajstić information content (AvgIpc) is 2.84. The van der Waals surface area contributed by atoms with Gasteiger partial charge in [-0.1, -0.05) is 19.1 Å². The molecule has 1 aromatic carbocycles. The van der Waals surface area contributed by atoms with Crippen molar-refractivity contribution in [1.82, 2.24) is 14.9 Å². The smallest absolute Gasteiger partial charge is 0.129 e. The predicted octanol–water partition coefficient (Wildman–Crippen LogP) is 3.19. The van der Waals surface area contributed by atoms with E-state index in [1.54, 1.807) is 0 Å². The van der Waals surface area contributed by atoms with Crippen LogP contribution in [0.3, 0.4) is 0 Å². The summed E-state index contributed by atoms with van der Waals surface area (Å²) in [6.07, 6.45) is 4.83. The van der Waals surface area contributed by atoms with Gasteiger partial charge in [0, 0.05) is 19.3 Å². The first-order chi connectivity index (χ1) is 9.61. The number of nitrogens with zero attached hydrogens (tertiary/aromatic N) is 2. The van der Waals surface area contributed by atoms with Gasteiger partial charge in [-0.25, -0.2) is 9.37 Å². The highest BCUT2D eigenvalue weighted by atomic mass is 19.1. The first kappa shape index (κ1) is 14.7. The Kier molecular flexibility index (Phi) is 4.90. The molecule has 0 spiro atoms. The van der Waals surface area contributed by atoms with Gasteiger partial charge in [-0.3, -0.25) is 0 Å². The van der Waals surface area contributed by atoms with E-state index >= 15 is 0 Å². The lowest BCUT2D eigenvalue weighted by Gasteiger charge is -2.11. The molecule has 108 valence electrons. The van der Waals surface area contributed by atoms with E-state index in [4.69, 9.17) is 0 Å². The Balaban J connectivity index is 2.12. The van der Waals surface area contributed by atoms with Crippen molar-refractivity contribution in [2.45, 2.75) is 40.3 Å². The largest absolute Gasteiger partial charge is 0.329 e. The van der Waals surface area contributed by atoms with Gasteiger partial charge in [0.25, 0.3) is 0 Å². The van der Waals surface area contributed by atoms with Crippen LogP contribution in [-0.2, 0) is 13.1 Å². The molecule has 0 aliphatic rings. The fraction of sp³-hybridized carbons (Fsp3) is 0.438. The van der Waals surface area contributed by atoms with Crippen LogP contribution >= 0.6 is 0 Å². The second-order valence-electron chi connectivity index (χ2n) is 5.23. The maximum absolute atomic E-state index is 13.6. The number of aromatic nitrogens is 2. The predicted molar refractivity (Wildman–Crippen MR) is 79.2 cm³/mol. The number of nitrogens with one attached hydrogen (secondary N) is 1. The molecule has 0 radical (unpaired) electrons. The van der Waals surface area contributed by atoms with E-state index in [0.29, 0.717) is 11.1 Å². The molecule has 20 heavy (non-hydrogen) atoms. The van der Waals surface area contributed by atoms with Crippen LogP contribution in [-0.4, -0.2) is 16.1 Å². The van der Waals surface area contributed by atoms with Gasteiger partial charge in [0.05, 0.1) is 12.0 Å². The van der Waals surface area contributed by atoms with Crippen LogP contribution in [0.4, 0.5) is 4.39 Å². The summed E-state index contributed by atoms with van der Waals surface area (Å²) in [5.74, 6) is -0.107. The van der Waals surface area contributed by atoms with E-state index in [0.717, 1.165) is 37.3 Å².